The molecule has 2 bridgehead atoms. The average molecular weight is 678 g/mol. The smallest absolute Gasteiger partial charge is 0.329 e. The molecular weight excluding hydrogens is 633 g/mol. The first kappa shape index (κ1) is 32.2. The molecule has 51 heavy (non-hydrogen) atoms. The van der Waals surface area contributed by atoms with E-state index in [4.69, 9.17) is 6.58 Å². The van der Waals surface area contributed by atoms with E-state index in [1.165, 1.54) is 99.5 Å². The number of aromatic nitrogens is 1. The molecule has 1 nitrogen and oxygen atoms in total. The van der Waals surface area contributed by atoms with Crippen LogP contribution in [0.5, 0.6) is 0 Å². The van der Waals surface area contributed by atoms with Crippen molar-refractivity contribution in [1.82, 2.24) is 4.48 Å². The number of thioether (sulfide) groups is 1. The molecule has 2 heterocycles. The zero-order valence-electron chi connectivity index (χ0n) is 30.7. The van der Waals surface area contributed by atoms with E-state index in [0.717, 1.165) is 24.8 Å². The van der Waals surface area contributed by atoms with Crippen LogP contribution in [0.3, 0.4) is 0 Å². The molecule has 6 aromatic rings. The second-order valence-corrected chi connectivity index (χ2v) is 16.1. The molecule has 0 radical (unpaired) electrons. The number of hydrogen-bond acceptors (Lipinski definition) is 1. The second-order valence-electron chi connectivity index (χ2n) is 15.3. The molecule has 0 atom stereocenters. The van der Waals surface area contributed by atoms with Crippen molar-refractivity contribution in [2.24, 2.45) is 0 Å². The fraction of sp³-hybridized carbons (Fsp3) is 0.208. The van der Waals surface area contributed by atoms with Crippen LogP contribution in [0, 0.1) is 20.8 Å². The normalized spacial score (nSPS) is 15.5. The van der Waals surface area contributed by atoms with E-state index in [2.05, 4.69) is 155 Å². The third-order valence-electron chi connectivity index (χ3n) is 12.2. The maximum atomic E-state index is 4.75. The molecule has 0 amide bonds. The Bertz CT molecular complexity index is 2470. The van der Waals surface area contributed by atoms with E-state index in [9.17, 15) is 0 Å². The minimum atomic E-state index is -0.0823. The van der Waals surface area contributed by atoms with Crippen LogP contribution in [0.2, 0.25) is 0 Å². The monoisotopic (exact) mass is 677 g/mol. The molecule has 0 unspecified atom stereocenters. The zero-order chi connectivity index (χ0) is 35.2. The summed E-state index contributed by atoms with van der Waals surface area (Å²) in [6, 6.07) is 36.4. The van der Waals surface area contributed by atoms with Crippen LogP contribution >= 0.6 is 11.8 Å². The maximum Gasteiger partial charge on any atom is 0.329 e. The number of benzene rings is 5. The summed E-state index contributed by atoms with van der Waals surface area (Å²) in [5.41, 5.74) is 24.5. The molecule has 0 fully saturated rings. The predicted molar refractivity (Wildman–Crippen MR) is 221 cm³/mol. The van der Waals surface area contributed by atoms with Crippen LogP contribution in [0.25, 0.3) is 34.0 Å². The van der Waals surface area contributed by atoms with Gasteiger partial charge in [0.15, 0.2) is 0 Å². The molecule has 0 saturated heterocycles. The van der Waals surface area contributed by atoms with Crippen LogP contribution in [0.4, 0.5) is 0 Å². The highest BCUT2D eigenvalue weighted by atomic mass is 32.2. The van der Waals surface area contributed by atoms with Gasteiger partial charge in [0.2, 0.25) is 0 Å². The van der Waals surface area contributed by atoms with Gasteiger partial charge in [0.05, 0.1) is 0 Å². The van der Waals surface area contributed by atoms with E-state index >= 15 is 0 Å². The summed E-state index contributed by atoms with van der Waals surface area (Å²) >= 11 is 1.79. The maximum absolute atomic E-state index is 4.75. The van der Waals surface area contributed by atoms with E-state index in [1.54, 1.807) is 11.8 Å². The van der Waals surface area contributed by atoms with Gasteiger partial charge in [0.1, 0.15) is 0 Å². The van der Waals surface area contributed by atoms with Crippen molar-refractivity contribution in [1.29, 1.82) is 0 Å². The highest BCUT2D eigenvalue weighted by Crippen LogP contribution is 2.53. The Morgan fingerprint density at radius 1 is 0.824 bits per heavy atom. The summed E-state index contributed by atoms with van der Waals surface area (Å²) < 4.78 is 2.77. The minimum absolute atomic E-state index is 0.0335. The summed E-state index contributed by atoms with van der Waals surface area (Å²) in [5, 5.41) is 0. The van der Waals surface area contributed by atoms with Crippen molar-refractivity contribution >= 4 is 41.2 Å². The molecule has 3 heteroatoms. The van der Waals surface area contributed by atoms with Crippen LogP contribution in [-0.4, -0.2) is 17.6 Å². The van der Waals surface area contributed by atoms with Gasteiger partial charge < -0.3 is 4.48 Å². The molecule has 250 valence electrons. The van der Waals surface area contributed by atoms with Crippen molar-refractivity contribution in [2.45, 2.75) is 64.2 Å². The third-order valence-corrected chi connectivity index (χ3v) is 13.0. The van der Waals surface area contributed by atoms with E-state index in [-0.39, 0.29) is 12.3 Å². The third kappa shape index (κ3) is 4.63. The highest BCUT2D eigenvalue weighted by molar-refractivity contribution is 7.98. The van der Waals surface area contributed by atoms with Gasteiger partial charge in [-0.25, -0.2) is 0 Å². The van der Waals surface area contributed by atoms with Crippen LogP contribution < -0.4 is 10.9 Å². The van der Waals surface area contributed by atoms with Gasteiger partial charge in [-0.15, -0.1) is 11.8 Å². The quantitative estimate of drug-likeness (QED) is 0.133. The van der Waals surface area contributed by atoms with Gasteiger partial charge in [-0.3, -0.25) is 0 Å². The standard InChI is InChI=1S/C48H44BNS/c1-29-27-34-28-33-17-8-9-20-38(33)44(34)40-22-11-10-19-37-32(4)50(47-39-21-12-14-24-41(39)48(5,6)45(37)47)49(46(29)40)42-25-16-23-35(31(42)3)30(2)36-18-13-15-26-43(36)51-7/h8-9,11-18,20-27H,2,10,19,28H2,1,3-7H3/b22-11+. The minimum Gasteiger partial charge on any atom is -0.380 e. The van der Waals surface area contributed by atoms with Crippen LogP contribution in [0.1, 0.15) is 81.6 Å². The van der Waals surface area contributed by atoms with E-state index in [0.29, 0.717) is 0 Å². The SMILES string of the molecule is C=C(c1ccccc1SC)c1cccc(B2c3c(C)cc4c(c3/C=C/CCc3c5c(n2c3C)-c2ccccc2C5(C)C)-c2ccccc2C4)c1C. The Balaban J connectivity index is 1.40. The number of nitrogens with zero attached hydrogens (tertiary/aromatic N) is 1. The first-order valence-electron chi connectivity index (χ1n) is 18.4. The summed E-state index contributed by atoms with van der Waals surface area (Å²) in [4.78, 5) is 1.26. The first-order valence-corrected chi connectivity index (χ1v) is 19.6. The molecule has 1 aliphatic heterocycles. The van der Waals surface area contributed by atoms with Gasteiger partial charge in [0.25, 0.3) is 0 Å². The molecule has 1 aromatic heterocycles. The van der Waals surface area contributed by atoms with Crippen LogP contribution in [0.15, 0.2) is 115 Å². The Kier molecular flexibility index (Phi) is 7.53. The highest BCUT2D eigenvalue weighted by Gasteiger charge is 2.44. The molecule has 2 aliphatic carbocycles. The van der Waals surface area contributed by atoms with Gasteiger partial charge in [0, 0.05) is 27.3 Å². The average Bonchev–Trinajstić information content (AvgIpc) is 3.72. The number of allylic oxidation sites excluding steroid dienone is 1. The van der Waals surface area contributed by atoms with Crippen molar-refractivity contribution in [2.75, 3.05) is 6.26 Å². The largest absolute Gasteiger partial charge is 0.380 e. The number of aryl methyl sites for hydroxylation is 1. The molecule has 5 aromatic carbocycles. The van der Waals surface area contributed by atoms with Gasteiger partial charge in [-0.2, -0.15) is 0 Å². The number of fused-ring (bicyclic) bond motifs is 12. The Morgan fingerprint density at radius 3 is 2.37 bits per heavy atom. The number of hydrogen-bond donors (Lipinski definition) is 0. The molecule has 0 saturated carbocycles. The summed E-state index contributed by atoms with van der Waals surface area (Å²) in [6.45, 7) is 16.7. The van der Waals surface area contributed by atoms with Crippen molar-refractivity contribution in [3.63, 3.8) is 0 Å². The van der Waals surface area contributed by atoms with Gasteiger partial charge >= 0.3 is 6.85 Å². The first-order chi connectivity index (χ1) is 24.7. The lowest BCUT2D eigenvalue weighted by molar-refractivity contribution is 0.651. The summed E-state index contributed by atoms with van der Waals surface area (Å²) in [5.74, 6) is 0. The number of rotatable bonds is 4. The topological polar surface area (TPSA) is 4.93 Å². The molecule has 0 N–H and O–H groups in total. The van der Waals surface area contributed by atoms with Crippen molar-refractivity contribution in [3.8, 4) is 22.4 Å². The lowest BCUT2D eigenvalue weighted by Crippen LogP contribution is -2.53. The lowest BCUT2D eigenvalue weighted by atomic mass is 9.46. The van der Waals surface area contributed by atoms with Crippen molar-refractivity contribution in [3.05, 3.63) is 171 Å². The summed E-state index contributed by atoms with van der Waals surface area (Å²) in [6.07, 6.45) is 10.1. The fourth-order valence-corrected chi connectivity index (χ4v) is 10.5. The summed E-state index contributed by atoms with van der Waals surface area (Å²) in [7, 11) is 0. The molecular formula is C48H44BNS. The van der Waals surface area contributed by atoms with Gasteiger partial charge in [-0.1, -0.05) is 129 Å². The van der Waals surface area contributed by atoms with E-state index < -0.39 is 0 Å². The predicted octanol–water partition coefficient (Wildman–Crippen LogP) is 10.7. The zero-order valence-corrected chi connectivity index (χ0v) is 31.5. The van der Waals surface area contributed by atoms with Crippen LogP contribution in [-0.2, 0) is 18.3 Å². The Morgan fingerprint density at radius 2 is 1.55 bits per heavy atom. The molecule has 3 aliphatic rings. The molecule has 9 rings (SSSR count). The fourth-order valence-electron chi connectivity index (χ4n) is 9.91. The lowest BCUT2D eigenvalue weighted by Gasteiger charge is -2.29. The Hall–Kier alpha value is -4.73. The molecule has 0 spiro atoms. The van der Waals surface area contributed by atoms with Gasteiger partial charge in [-0.05, 0) is 130 Å². The second kappa shape index (κ2) is 11.9. The Labute approximate surface area is 308 Å². The van der Waals surface area contributed by atoms with Crippen molar-refractivity contribution < 1.29 is 0 Å². The van der Waals surface area contributed by atoms with E-state index in [1.807, 2.05) is 0 Å².